The minimum absolute atomic E-state index is 0.264. The summed E-state index contributed by atoms with van der Waals surface area (Å²) in [5.74, 6) is -0.458. The second-order valence-corrected chi connectivity index (χ2v) is 5.51. The minimum Gasteiger partial charge on any atom is -0.366 e. The lowest BCUT2D eigenvalue weighted by Crippen LogP contribution is -2.13. The molecule has 0 aliphatic heterocycles. The smallest absolute Gasteiger partial charge is 0.275 e. The summed E-state index contributed by atoms with van der Waals surface area (Å²) in [4.78, 5) is 27.2. The highest BCUT2D eigenvalue weighted by molar-refractivity contribution is 7.09. The SMILES string of the molecule is CC(C)c1nc(C(=O)Nc2ccc(C(N)=O)cc2)cs1. The van der Waals surface area contributed by atoms with Crippen LogP contribution in [-0.2, 0) is 0 Å². The van der Waals surface area contributed by atoms with Crippen LogP contribution in [0.15, 0.2) is 29.6 Å². The predicted molar refractivity (Wildman–Crippen MR) is 79.1 cm³/mol. The van der Waals surface area contributed by atoms with Crippen LogP contribution in [0.2, 0.25) is 0 Å². The van der Waals surface area contributed by atoms with E-state index in [1.807, 2.05) is 13.8 Å². The number of anilines is 1. The van der Waals surface area contributed by atoms with Crippen LogP contribution in [0.1, 0.15) is 45.6 Å². The van der Waals surface area contributed by atoms with E-state index in [4.69, 9.17) is 5.73 Å². The molecule has 1 aromatic heterocycles. The summed E-state index contributed by atoms with van der Waals surface area (Å²) in [6, 6.07) is 6.40. The van der Waals surface area contributed by atoms with Crippen molar-refractivity contribution in [2.75, 3.05) is 5.32 Å². The molecule has 5 nitrogen and oxygen atoms in total. The fraction of sp³-hybridized carbons (Fsp3) is 0.214. The van der Waals surface area contributed by atoms with Crippen molar-refractivity contribution < 1.29 is 9.59 Å². The molecule has 2 amide bonds. The van der Waals surface area contributed by atoms with Crippen LogP contribution in [0.3, 0.4) is 0 Å². The van der Waals surface area contributed by atoms with Crippen LogP contribution in [0.4, 0.5) is 5.69 Å². The Bertz CT molecular complexity index is 632. The average Bonchev–Trinajstić information content (AvgIpc) is 2.89. The standard InChI is InChI=1S/C14H15N3O2S/c1-8(2)14-17-11(7-20-14)13(19)16-10-5-3-9(4-6-10)12(15)18/h3-8H,1-2H3,(H2,15,18)(H,16,19). The van der Waals surface area contributed by atoms with E-state index in [1.54, 1.807) is 29.6 Å². The Morgan fingerprint density at radius 1 is 1.25 bits per heavy atom. The maximum Gasteiger partial charge on any atom is 0.275 e. The third kappa shape index (κ3) is 3.21. The first kappa shape index (κ1) is 14.2. The molecule has 1 heterocycles. The zero-order chi connectivity index (χ0) is 14.7. The molecule has 0 aliphatic carbocycles. The number of aromatic nitrogens is 1. The summed E-state index contributed by atoms with van der Waals surface area (Å²) in [5, 5.41) is 5.40. The van der Waals surface area contributed by atoms with Gasteiger partial charge in [-0.05, 0) is 24.3 Å². The molecular formula is C14H15N3O2S. The number of thiazole rings is 1. The maximum absolute atomic E-state index is 12.0. The van der Waals surface area contributed by atoms with Gasteiger partial charge in [-0.25, -0.2) is 4.98 Å². The topological polar surface area (TPSA) is 85.1 Å². The van der Waals surface area contributed by atoms with Gasteiger partial charge in [0.2, 0.25) is 5.91 Å². The molecule has 0 bridgehead atoms. The molecule has 104 valence electrons. The lowest BCUT2D eigenvalue weighted by atomic mass is 10.2. The van der Waals surface area contributed by atoms with Crippen molar-refractivity contribution >= 4 is 28.8 Å². The zero-order valence-electron chi connectivity index (χ0n) is 11.2. The van der Waals surface area contributed by atoms with E-state index < -0.39 is 5.91 Å². The first-order valence-corrected chi connectivity index (χ1v) is 7.02. The molecular weight excluding hydrogens is 274 g/mol. The largest absolute Gasteiger partial charge is 0.366 e. The number of nitrogens with two attached hydrogens (primary N) is 1. The van der Waals surface area contributed by atoms with E-state index >= 15 is 0 Å². The third-order valence-electron chi connectivity index (χ3n) is 2.68. The van der Waals surface area contributed by atoms with E-state index in [2.05, 4.69) is 10.3 Å². The molecule has 2 aromatic rings. The molecule has 0 saturated carbocycles. The summed E-state index contributed by atoms with van der Waals surface area (Å²) in [7, 11) is 0. The molecule has 0 fully saturated rings. The van der Waals surface area contributed by atoms with Crippen molar-refractivity contribution in [1.82, 2.24) is 4.98 Å². The quantitative estimate of drug-likeness (QED) is 0.907. The number of carbonyl (C=O) groups is 2. The molecule has 0 spiro atoms. The second-order valence-electron chi connectivity index (χ2n) is 4.62. The lowest BCUT2D eigenvalue weighted by molar-refractivity contribution is 0.0998. The van der Waals surface area contributed by atoms with Crippen LogP contribution in [0, 0.1) is 0 Å². The number of nitrogens with zero attached hydrogens (tertiary/aromatic N) is 1. The Labute approximate surface area is 120 Å². The number of nitrogens with one attached hydrogen (secondary N) is 1. The Morgan fingerprint density at radius 2 is 1.90 bits per heavy atom. The second kappa shape index (κ2) is 5.83. The van der Waals surface area contributed by atoms with Gasteiger partial charge in [-0.3, -0.25) is 9.59 Å². The number of hydrogen-bond donors (Lipinski definition) is 2. The van der Waals surface area contributed by atoms with Gasteiger partial charge in [0.1, 0.15) is 5.69 Å². The van der Waals surface area contributed by atoms with Crippen LogP contribution in [0.25, 0.3) is 0 Å². The van der Waals surface area contributed by atoms with Gasteiger partial charge in [-0.1, -0.05) is 13.8 Å². The number of hydrogen-bond acceptors (Lipinski definition) is 4. The van der Waals surface area contributed by atoms with E-state index in [9.17, 15) is 9.59 Å². The maximum atomic E-state index is 12.0. The molecule has 3 N–H and O–H groups in total. The molecule has 0 saturated heterocycles. The summed E-state index contributed by atoms with van der Waals surface area (Å²) in [6.07, 6.45) is 0. The van der Waals surface area contributed by atoms with Crippen molar-refractivity contribution in [2.24, 2.45) is 5.73 Å². The van der Waals surface area contributed by atoms with Gasteiger partial charge >= 0.3 is 0 Å². The van der Waals surface area contributed by atoms with Crippen molar-refractivity contribution in [3.05, 3.63) is 45.9 Å². The van der Waals surface area contributed by atoms with Crippen molar-refractivity contribution in [3.8, 4) is 0 Å². The van der Waals surface area contributed by atoms with E-state index in [0.29, 0.717) is 22.9 Å². The fourth-order valence-electron chi connectivity index (χ4n) is 1.57. The van der Waals surface area contributed by atoms with Crippen LogP contribution >= 0.6 is 11.3 Å². The van der Waals surface area contributed by atoms with Crippen LogP contribution < -0.4 is 11.1 Å². The summed E-state index contributed by atoms with van der Waals surface area (Å²) in [6.45, 7) is 4.06. The van der Waals surface area contributed by atoms with E-state index in [0.717, 1.165) is 5.01 Å². The predicted octanol–water partition coefficient (Wildman–Crippen LogP) is 2.62. The highest BCUT2D eigenvalue weighted by Gasteiger charge is 2.12. The van der Waals surface area contributed by atoms with Gasteiger partial charge in [0, 0.05) is 22.5 Å². The third-order valence-corrected chi connectivity index (χ3v) is 3.82. The first-order valence-electron chi connectivity index (χ1n) is 6.14. The fourth-order valence-corrected chi connectivity index (χ4v) is 2.39. The number of primary amides is 1. The van der Waals surface area contributed by atoms with Gasteiger partial charge in [0.05, 0.1) is 5.01 Å². The summed E-state index contributed by atoms with van der Waals surface area (Å²) in [5.41, 5.74) is 6.55. The monoisotopic (exact) mass is 289 g/mol. The lowest BCUT2D eigenvalue weighted by Gasteiger charge is -2.04. The Morgan fingerprint density at radius 3 is 2.40 bits per heavy atom. The molecule has 0 aliphatic rings. The summed E-state index contributed by atoms with van der Waals surface area (Å²) >= 11 is 1.47. The highest BCUT2D eigenvalue weighted by Crippen LogP contribution is 2.20. The number of amides is 2. The van der Waals surface area contributed by atoms with Crippen molar-refractivity contribution in [2.45, 2.75) is 19.8 Å². The number of benzene rings is 1. The molecule has 0 atom stereocenters. The Kier molecular flexibility index (Phi) is 4.14. The molecule has 0 unspecified atom stereocenters. The Hall–Kier alpha value is -2.21. The molecule has 20 heavy (non-hydrogen) atoms. The Balaban J connectivity index is 2.08. The molecule has 1 aromatic carbocycles. The first-order chi connectivity index (χ1) is 9.47. The number of carbonyl (C=O) groups excluding carboxylic acids is 2. The highest BCUT2D eigenvalue weighted by atomic mass is 32.1. The molecule has 0 radical (unpaired) electrons. The molecule has 6 heteroatoms. The zero-order valence-corrected chi connectivity index (χ0v) is 12.0. The number of rotatable bonds is 4. The van der Waals surface area contributed by atoms with Crippen molar-refractivity contribution in [3.63, 3.8) is 0 Å². The van der Waals surface area contributed by atoms with Gasteiger partial charge < -0.3 is 11.1 Å². The van der Waals surface area contributed by atoms with Crippen LogP contribution in [0.5, 0.6) is 0 Å². The summed E-state index contributed by atoms with van der Waals surface area (Å²) < 4.78 is 0. The van der Waals surface area contributed by atoms with Crippen LogP contribution in [-0.4, -0.2) is 16.8 Å². The molecule has 2 rings (SSSR count). The van der Waals surface area contributed by atoms with E-state index in [1.165, 1.54) is 11.3 Å². The van der Waals surface area contributed by atoms with E-state index in [-0.39, 0.29) is 5.91 Å². The van der Waals surface area contributed by atoms with Gasteiger partial charge in [-0.2, -0.15) is 0 Å². The minimum atomic E-state index is -0.496. The average molecular weight is 289 g/mol. The van der Waals surface area contributed by atoms with Gasteiger partial charge in [0.25, 0.3) is 5.91 Å². The van der Waals surface area contributed by atoms with Gasteiger partial charge in [0.15, 0.2) is 0 Å². The van der Waals surface area contributed by atoms with Crippen molar-refractivity contribution in [1.29, 1.82) is 0 Å². The van der Waals surface area contributed by atoms with Gasteiger partial charge in [-0.15, -0.1) is 11.3 Å². The normalized spacial score (nSPS) is 10.6.